The van der Waals surface area contributed by atoms with Gasteiger partial charge >= 0.3 is 0 Å². The van der Waals surface area contributed by atoms with Crippen LogP contribution in [0, 0.1) is 13.8 Å². The van der Waals surface area contributed by atoms with Gasteiger partial charge in [0.05, 0.1) is 0 Å². The van der Waals surface area contributed by atoms with Gasteiger partial charge in [-0.3, -0.25) is 4.98 Å². The molecule has 0 saturated carbocycles. The molecule has 0 spiro atoms. The van der Waals surface area contributed by atoms with Gasteiger partial charge in [-0.15, -0.1) is 11.3 Å². The zero-order chi connectivity index (χ0) is 11.5. The van der Waals surface area contributed by atoms with Crippen molar-refractivity contribution in [1.82, 2.24) is 4.98 Å². The third-order valence-corrected chi connectivity index (χ3v) is 4.01. The summed E-state index contributed by atoms with van der Waals surface area (Å²) in [5.41, 5.74) is 8.72. The summed E-state index contributed by atoms with van der Waals surface area (Å²) in [7, 11) is 0. The molecular weight excluding hydrogens is 216 g/mol. The molecule has 0 aliphatic heterocycles. The van der Waals surface area contributed by atoms with E-state index in [2.05, 4.69) is 31.0 Å². The number of aryl methyl sites for hydroxylation is 2. The Hall–Kier alpha value is -1.19. The summed E-state index contributed by atoms with van der Waals surface area (Å²) < 4.78 is 0. The predicted octanol–water partition coefficient (Wildman–Crippen LogP) is 3.00. The van der Waals surface area contributed by atoms with E-state index in [9.17, 15) is 0 Å². The first-order valence-corrected chi connectivity index (χ1v) is 6.20. The van der Waals surface area contributed by atoms with Crippen LogP contribution < -0.4 is 5.73 Å². The molecule has 0 radical (unpaired) electrons. The van der Waals surface area contributed by atoms with E-state index in [1.807, 2.05) is 12.3 Å². The second-order valence-corrected chi connectivity index (χ2v) is 5.35. The van der Waals surface area contributed by atoms with Gasteiger partial charge in [0, 0.05) is 28.2 Å². The van der Waals surface area contributed by atoms with E-state index in [0.29, 0.717) is 0 Å². The van der Waals surface area contributed by atoms with E-state index >= 15 is 0 Å². The zero-order valence-corrected chi connectivity index (χ0v) is 10.4. The second-order valence-electron chi connectivity index (χ2n) is 4.06. The Kier molecular flexibility index (Phi) is 3.36. The van der Waals surface area contributed by atoms with Gasteiger partial charge in [-0.05, 0) is 43.5 Å². The summed E-state index contributed by atoms with van der Waals surface area (Å²) >= 11 is 1.80. The van der Waals surface area contributed by atoms with Crippen LogP contribution in [-0.2, 0) is 6.42 Å². The number of thiophene rings is 1. The number of nitrogens with zero attached hydrogens (tertiary/aromatic N) is 1. The molecule has 84 valence electrons. The predicted molar refractivity (Wildman–Crippen MR) is 68.7 cm³/mol. The van der Waals surface area contributed by atoms with Crippen molar-refractivity contribution in [1.29, 1.82) is 0 Å². The third-order valence-electron chi connectivity index (χ3n) is 2.73. The minimum atomic E-state index is 0.0848. The van der Waals surface area contributed by atoms with Crippen LogP contribution in [0.5, 0.6) is 0 Å². The first-order valence-electron chi connectivity index (χ1n) is 5.38. The highest BCUT2D eigenvalue weighted by Crippen LogP contribution is 2.26. The number of nitrogens with two attached hydrogens (primary N) is 1. The molecule has 2 aromatic heterocycles. The highest BCUT2D eigenvalue weighted by Gasteiger charge is 2.10. The van der Waals surface area contributed by atoms with Gasteiger partial charge in [0.1, 0.15) is 0 Å². The van der Waals surface area contributed by atoms with Gasteiger partial charge in [-0.1, -0.05) is 6.07 Å². The van der Waals surface area contributed by atoms with Crippen LogP contribution in [0.25, 0.3) is 0 Å². The van der Waals surface area contributed by atoms with Crippen LogP contribution in [0.4, 0.5) is 0 Å². The molecule has 2 heterocycles. The Labute approximate surface area is 100 Å². The monoisotopic (exact) mass is 232 g/mol. The summed E-state index contributed by atoms with van der Waals surface area (Å²) in [5, 5.41) is 0. The van der Waals surface area contributed by atoms with Crippen LogP contribution in [0.15, 0.2) is 30.6 Å². The van der Waals surface area contributed by atoms with Crippen LogP contribution in [0.2, 0.25) is 0 Å². The Balaban J connectivity index is 2.11. The lowest BCUT2D eigenvalue weighted by Gasteiger charge is -2.08. The molecule has 0 fully saturated rings. The van der Waals surface area contributed by atoms with Crippen LogP contribution in [-0.4, -0.2) is 4.98 Å². The van der Waals surface area contributed by atoms with Crippen molar-refractivity contribution in [3.05, 3.63) is 51.5 Å². The lowest BCUT2D eigenvalue weighted by Crippen LogP contribution is -2.11. The molecule has 0 aliphatic carbocycles. The quantitative estimate of drug-likeness (QED) is 0.883. The zero-order valence-electron chi connectivity index (χ0n) is 9.60. The number of hydrogen-bond donors (Lipinski definition) is 1. The van der Waals surface area contributed by atoms with Crippen molar-refractivity contribution in [3.63, 3.8) is 0 Å². The molecule has 2 rings (SSSR count). The van der Waals surface area contributed by atoms with Crippen molar-refractivity contribution >= 4 is 11.3 Å². The second kappa shape index (κ2) is 4.76. The van der Waals surface area contributed by atoms with E-state index in [1.165, 1.54) is 20.9 Å². The Morgan fingerprint density at radius 1 is 1.44 bits per heavy atom. The normalized spacial score (nSPS) is 12.7. The maximum atomic E-state index is 6.19. The fraction of sp³-hybridized carbons (Fsp3) is 0.308. The van der Waals surface area contributed by atoms with Crippen LogP contribution in [0.1, 0.15) is 26.9 Å². The molecule has 0 aromatic carbocycles. The van der Waals surface area contributed by atoms with Crippen molar-refractivity contribution in [2.24, 2.45) is 5.73 Å². The lowest BCUT2D eigenvalue weighted by atomic mass is 10.1. The molecule has 2 N–H and O–H groups in total. The largest absolute Gasteiger partial charge is 0.323 e. The Morgan fingerprint density at radius 3 is 2.81 bits per heavy atom. The molecule has 0 saturated heterocycles. The SMILES string of the molecule is Cc1cc(C(N)Cc2cccnc2)sc1C. The van der Waals surface area contributed by atoms with E-state index < -0.39 is 0 Å². The van der Waals surface area contributed by atoms with Gasteiger partial charge in [0.15, 0.2) is 0 Å². The highest BCUT2D eigenvalue weighted by atomic mass is 32.1. The fourth-order valence-electron chi connectivity index (χ4n) is 1.66. The minimum absolute atomic E-state index is 0.0848. The fourth-order valence-corrected chi connectivity index (χ4v) is 2.70. The lowest BCUT2D eigenvalue weighted by molar-refractivity contribution is 0.733. The highest BCUT2D eigenvalue weighted by molar-refractivity contribution is 7.12. The first kappa shape index (κ1) is 11.3. The van der Waals surface area contributed by atoms with Gasteiger partial charge in [0.2, 0.25) is 0 Å². The first-order chi connectivity index (χ1) is 7.66. The van der Waals surface area contributed by atoms with Crippen LogP contribution in [0.3, 0.4) is 0 Å². The van der Waals surface area contributed by atoms with Crippen molar-refractivity contribution in [2.75, 3.05) is 0 Å². The summed E-state index contributed by atoms with van der Waals surface area (Å²) in [6, 6.07) is 6.30. The standard InChI is InChI=1S/C13H16N2S/c1-9-6-13(16-10(9)2)12(14)7-11-4-3-5-15-8-11/h3-6,8,12H,7,14H2,1-2H3. The van der Waals surface area contributed by atoms with Gasteiger partial charge in [-0.25, -0.2) is 0 Å². The maximum Gasteiger partial charge on any atom is 0.0431 e. The summed E-state index contributed by atoms with van der Waals surface area (Å²) in [6.07, 6.45) is 4.52. The van der Waals surface area contributed by atoms with Crippen molar-refractivity contribution in [2.45, 2.75) is 26.3 Å². The molecule has 2 nitrogen and oxygen atoms in total. The van der Waals surface area contributed by atoms with E-state index in [4.69, 9.17) is 5.73 Å². The van der Waals surface area contributed by atoms with E-state index in [1.54, 1.807) is 17.5 Å². The number of aromatic nitrogens is 1. The summed E-state index contributed by atoms with van der Waals surface area (Å²) in [6.45, 7) is 4.27. The molecule has 1 unspecified atom stereocenters. The molecule has 2 aromatic rings. The van der Waals surface area contributed by atoms with Gasteiger partial charge < -0.3 is 5.73 Å². The van der Waals surface area contributed by atoms with Gasteiger partial charge in [-0.2, -0.15) is 0 Å². The van der Waals surface area contributed by atoms with Crippen molar-refractivity contribution in [3.8, 4) is 0 Å². The average Bonchev–Trinajstić information content (AvgIpc) is 2.61. The number of pyridine rings is 1. The van der Waals surface area contributed by atoms with Crippen molar-refractivity contribution < 1.29 is 0 Å². The average molecular weight is 232 g/mol. The molecule has 0 bridgehead atoms. The third kappa shape index (κ3) is 2.49. The molecular formula is C13H16N2S. The molecule has 0 amide bonds. The summed E-state index contributed by atoms with van der Waals surface area (Å²) in [4.78, 5) is 6.72. The molecule has 16 heavy (non-hydrogen) atoms. The topological polar surface area (TPSA) is 38.9 Å². The maximum absolute atomic E-state index is 6.19. The van der Waals surface area contributed by atoms with E-state index in [0.717, 1.165) is 6.42 Å². The van der Waals surface area contributed by atoms with Gasteiger partial charge in [0.25, 0.3) is 0 Å². The molecule has 3 heteroatoms. The molecule has 0 aliphatic rings. The smallest absolute Gasteiger partial charge is 0.0431 e. The summed E-state index contributed by atoms with van der Waals surface area (Å²) in [5.74, 6) is 0. The Morgan fingerprint density at radius 2 is 2.25 bits per heavy atom. The van der Waals surface area contributed by atoms with E-state index in [-0.39, 0.29) is 6.04 Å². The number of hydrogen-bond acceptors (Lipinski definition) is 3. The Bertz CT molecular complexity index is 443. The minimum Gasteiger partial charge on any atom is -0.323 e. The molecule has 1 atom stereocenters. The number of rotatable bonds is 3. The van der Waals surface area contributed by atoms with Crippen LogP contribution >= 0.6 is 11.3 Å².